The topological polar surface area (TPSA) is 78.9 Å². The van der Waals surface area contributed by atoms with Crippen molar-refractivity contribution >= 4 is 17.9 Å². The standard InChI is InChI=1S/C74H116O6/c1-4-7-10-13-16-19-22-25-28-31-33-35-37-39-41-43-46-49-52-55-58-61-64-67-73(76)79-70-71(69-78-72(75)66-63-60-57-54-51-48-45-30-27-24-21-18-15-12-9-6-3)80-74(77)68-65-62-59-56-53-50-47-44-42-40-38-36-34-32-29-26-23-20-17-14-11-8-5-2/h7-8,10-11,16-17,19-20,25-26,28-30,33-36,39-42,45-47,49-50,55,58,71H,4-6,9,12-15,18,21-24,27,31-32,37-38,43-44,48,51-54,56-57,59-70H2,1-3H3/b10-7-,11-8-,19-16-,20-17-,28-25-,29-26-,35-33-,36-34-,41-39-,42-40-,45-30-,49-46-,50-47-,58-55-. The van der Waals surface area contributed by atoms with Crippen molar-refractivity contribution in [3.63, 3.8) is 0 Å². The highest BCUT2D eigenvalue weighted by Crippen LogP contribution is 2.13. The molecule has 0 bridgehead atoms. The van der Waals surface area contributed by atoms with Crippen LogP contribution in [-0.4, -0.2) is 37.2 Å². The van der Waals surface area contributed by atoms with Crippen molar-refractivity contribution < 1.29 is 28.6 Å². The van der Waals surface area contributed by atoms with E-state index in [-0.39, 0.29) is 44.0 Å². The third-order valence-electron chi connectivity index (χ3n) is 12.9. The molecule has 0 aliphatic rings. The average Bonchev–Trinajstić information content (AvgIpc) is 3.46. The molecule has 0 aromatic heterocycles. The number of unbranched alkanes of at least 4 members (excludes halogenated alkanes) is 17. The summed E-state index contributed by atoms with van der Waals surface area (Å²) in [5, 5.41) is 0. The number of allylic oxidation sites excluding steroid dienone is 28. The molecular weight excluding hydrogens is 985 g/mol. The Bertz CT molecular complexity index is 1840. The highest BCUT2D eigenvalue weighted by molar-refractivity contribution is 5.71. The summed E-state index contributed by atoms with van der Waals surface area (Å²) in [4.78, 5) is 38.3. The Kier molecular flexibility index (Phi) is 61.9. The molecule has 6 nitrogen and oxygen atoms in total. The van der Waals surface area contributed by atoms with Gasteiger partial charge in [-0.15, -0.1) is 0 Å². The molecule has 448 valence electrons. The quantitative estimate of drug-likeness (QED) is 0.0261. The Morgan fingerprint density at radius 2 is 0.500 bits per heavy atom. The van der Waals surface area contributed by atoms with Gasteiger partial charge in [-0.25, -0.2) is 0 Å². The molecule has 0 aromatic rings. The van der Waals surface area contributed by atoms with E-state index < -0.39 is 6.10 Å². The zero-order chi connectivity index (χ0) is 57.8. The Hall–Kier alpha value is -5.23. The monoisotopic (exact) mass is 1100 g/mol. The van der Waals surface area contributed by atoms with E-state index in [2.05, 4.69) is 191 Å². The summed E-state index contributed by atoms with van der Waals surface area (Å²) in [6.07, 6.45) is 97.8. The molecule has 1 atom stereocenters. The predicted octanol–water partition coefficient (Wildman–Crippen LogP) is 22.3. The molecule has 0 heterocycles. The second-order valence-electron chi connectivity index (χ2n) is 20.5. The van der Waals surface area contributed by atoms with E-state index in [0.29, 0.717) is 12.8 Å². The van der Waals surface area contributed by atoms with Crippen LogP contribution in [-0.2, 0) is 28.6 Å². The highest BCUT2D eigenvalue weighted by Gasteiger charge is 2.19. The highest BCUT2D eigenvalue weighted by atomic mass is 16.6. The van der Waals surface area contributed by atoms with E-state index >= 15 is 0 Å². The molecule has 1 unspecified atom stereocenters. The van der Waals surface area contributed by atoms with Gasteiger partial charge in [-0.1, -0.05) is 262 Å². The van der Waals surface area contributed by atoms with Crippen LogP contribution in [0.4, 0.5) is 0 Å². The summed E-state index contributed by atoms with van der Waals surface area (Å²) in [5.41, 5.74) is 0. The molecule has 0 N–H and O–H groups in total. The molecule has 80 heavy (non-hydrogen) atoms. The van der Waals surface area contributed by atoms with E-state index in [1.165, 1.54) is 57.8 Å². The van der Waals surface area contributed by atoms with Gasteiger partial charge in [0.1, 0.15) is 13.2 Å². The van der Waals surface area contributed by atoms with Crippen LogP contribution in [0.5, 0.6) is 0 Å². The van der Waals surface area contributed by atoms with Crippen LogP contribution >= 0.6 is 0 Å². The first kappa shape index (κ1) is 74.8. The minimum atomic E-state index is -0.830. The zero-order valence-corrected chi connectivity index (χ0v) is 51.3. The Morgan fingerprint density at radius 3 is 0.825 bits per heavy atom. The molecule has 0 amide bonds. The lowest BCUT2D eigenvalue weighted by Crippen LogP contribution is -2.30. The van der Waals surface area contributed by atoms with E-state index in [1.807, 2.05) is 0 Å². The molecule has 6 heteroatoms. The van der Waals surface area contributed by atoms with Gasteiger partial charge in [-0.2, -0.15) is 0 Å². The maximum atomic E-state index is 12.9. The van der Waals surface area contributed by atoms with Gasteiger partial charge in [0, 0.05) is 19.3 Å². The number of hydrogen-bond acceptors (Lipinski definition) is 6. The lowest BCUT2D eigenvalue weighted by atomic mass is 10.1. The molecular formula is C74H116O6. The summed E-state index contributed by atoms with van der Waals surface area (Å²) in [5.74, 6) is -1.02. The molecule has 0 radical (unpaired) electrons. The second-order valence-corrected chi connectivity index (χ2v) is 20.5. The zero-order valence-electron chi connectivity index (χ0n) is 51.3. The summed E-state index contributed by atoms with van der Waals surface area (Å²) in [6.45, 7) is 6.33. The first-order valence-corrected chi connectivity index (χ1v) is 32.1. The van der Waals surface area contributed by atoms with E-state index in [1.54, 1.807) is 0 Å². The van der Waals surface area contributed by atoms with Gasteiger partial charge in [0.15, 0.2) is 6.10 Å². The van der Waals surface area contributed by atoms with E-state index in [4.69, 9.17) is 14.2 Å². The molecule has 0 rings (SSSR count). The molecule has 0 aliphatic heterocycles. The van der Waals surface area contributed by atoms with Crippen molar-refractivity contribution in [2.75, 3.05) is 13.2 Å². The maximum absolute atomic E-state index is 12.9. The Morgan fingerprint density at radius 1 is 0.263 bits per heavy atom. The van der Waals surface area contributed by atoms with Gasteiger partial charge in [0.2, 0.25) is 0 Å². The fraction of sp³-hybridized carbons (Fsp3) is 0.581. The van der Waals surface area contributed by atoms with Gasteiger partial charge in [-0.05, 0) is 148 Å². The van der Waals surface area contributed by atoms with Gasteiger partial charge >= 0.3 is 17.9 Å². The number of hydrogen-bond donors (Lipinski definition) is 0. The van der Waals surface area contributed by atoms with E-state index in [0.717, 1.165) is 154 Å². The van der Waals surface area contributed by atoms with Crippen LogP contribution in [0.2, 0.25) is 0 Å². The van der Waals surface area contributed by atoms with Crippen LogP contribution in [0, 0.1) is 0 Å². The first-order valence-electron chi connectivity index (χ1n) is 32.1. The fourth-order valence-corrected chi connectivity index (χ4v) is 8.19. The largest absolute Gasteiger partial charge is 0.462 e. The van der Waals surface area contributed by atoms with Gasteiger partial charge in [0.05, 0.1) is 0 Å². The van der Waals surface area contributed by atoms with Gasteiger partial charge in [0.25, 0.3) is 0 Å². The second kappa shape index (κ2) is 66.3. The van der Waals surface area contributed by atoms with Crippen LogP contribution in [0.25, 0.3) is 0 Å². The summed E-state index contributed by atoms with van der Waals surface area (Å²) in [6, 6.07) is 0. The minimum Gasteiger partial charge on any atom is -0.462 e. The first-order chi connectivity index (χ1) is 39.5. The van der Waals surface area contributed by atoms with Crippen molar-refractivity contribution in [3.8, 4) is 0 Å². The summed E-state index contributed by atoms with van der Waals surface area (Å²) < 4.78 is 16.9. The Balaban J connectivity index is 4.58. The van der Waals surface area contributed by atoms with Crippen molar-refractivity contribution in [1.82, 2.24) is 0 Å². The molecule has 0 spiro atoms. The molecule has 0 aromatic carbocycles. The van der Waals surface area contributed by atoms with Crippen LogP contribution in [0.3, 0.4) is 0 Å². The molecule has 0 saturated carbocycles. The van der Waals surface area contributed by atoms with Crippen molar-refractivity contribution in [2.45, 2.75) is 264 Å². The number of rotatable bonds is 56. The predicted molar refractivity (Wildman–Crippen MR) is 348 cm³/mol. The third kappa shape index (κ3) is 63.6. The third-order valence-corrected chi connectivity index (χ3v) is 12.9. The Labute approximate surface area is 492 Å². The van der Waals surface area contributed by atoms with Crippen LogP contribution < -0.4 is 0 Å². The maximum Gasteiger partial charge on any atom is 0.306 e. The number of ether oxygens (including phenoxy) is 3. The lowest BCUT2D eigenvalue weighted by molar-refractivity contribution is -0.167. The summed E-state index contributed by atoms with van der Waals surface area (Å²) in [7, 11) is 0. The molecule has 0 saturated heterocycles. The SMILES string of the molecule is CC/C=C\C/C=C\C/C=C\C/C=C\C/C=C\C/C=C\C/C=C\CCCC(=O)OCC(COC(=O)CCCCCCC/C=C\CCCCCCCCC)OC(=O)CCCCCC/C=C\C/C=C\C/C=C\C/C=C\C/C=C\C/C=C\CC. The van der Waals surface area contributed by atoms with Crippen molar-refractivity contribution in [2.24, 2.45) is 0 Å². The number of carbonyl (C=O) groups is 3. The summed E-state index contributed by atoms with van der Waals surface area (Å²) >= 11 is 0. The van der Waals surface area contributed by atoms with Crippen molar-refractivity contribution in [3.05, 3.63) is 170 Å². The van der Waals surface area contributed by atoms with Crippen LogP contribution in [0.15, 0.2) is 170 Å². The average molecular weight is 1100 g/mol. The fourth-order valence-electron chi connectivity index (χ4n) is 8.19. The van der Waals surface area contributed by atoms with Crippen LogP contribution in [0.1, 0.15) is 258 Å². The minimum absolute atomic E-state index is 0.119. The van der Waals surface area contributed by atoms with Crippen molar-refractivity contribution in [1.29, 1.82) is 0 Å². The number of carbonyl (C=O) groups excluding carboxylic acids is 3. The molecule has 0 aliphatic carbocycles. The van der Waals surface area contributed by atoms with Gasteiger partial charge in [-0.3, -0.25) is 14.4 Å². The number of esters is 3. The molecule has 0 fully saturated rings. The lowest BCUT2D eigenvalue weighted by Gasteiger charge is -2.18. The van der Waals surface area contributed by atoms with Gasteiger partial charge < -0.3 is 14.2 Å². The normalized spacial score (nSPS) is 13.3. The van der Waals surface area contributed by atoms with E-state index in [9.17, 15) is 14.4 Å². The smallest absolute Gasteiger partial charge is 0.306 e.